The summed E-state index contributed by atoms with van der Waals surface area (Å²) in [6.45, 7) is 14.7. The van der Waals surface area contributed by atoms with Crippen molar-refractivity contribution in [3.8, 4) is 5.75 Å². The average Bonchev–Trinajstić information content (AvgIpc) is 3.04. The van der Waals surface area contributed by atoms with Crippen molar-refractivity contribution < 1.29 is 29.6 Å². The van der Waals surface area contributed by atoms with Gasteiger partial charge in [0.05, 0.1) is 29.7 Å². The summed E-state index contributed by atoms with van der Waals surface area (Å²) < 4.78 is 5.85. The van der Waals surface area contributed by atoms with Crippen LogP contribution in [0.25, 0.3) is 0 Å². The summed E-state index contributed by atoms with van der Waals surface area (Å²) in [4.78, 5) is 30.9. The highest BCUT2D eigenvalue weighted by molar-refractivity contribution is 6.09. The third-order valence-electron chi connectivity index (χ3n) is 7.84. The van der Waals surface area contributed by atoms with Crippen molar-refractivity contribution >= 4 is 23.7 Å². The SMILES string of the molecule is CCN(CC)CC(O)COc1ccc(NC(=O)c2cccc(CN(CC(C)O)CC(C)O)c2)c(C(=O)NN=Cc2ccc(C)c(C)c2)c1. The van der Waals surface area contributed by atoms with E-state index in [4.69, 9.17) is 4.74 Å². The summed E-state index contributed by atoms with van der Waals surface area (Å²) >= 11 is 0. The van der Waals surface area contributed by atoms with Gasteiger partial charge in [-0.3, -0.25) is 14.5 Å². The molecule has 0 aliphatic heterocycles. The minimum absolute atomic E-state index is 0.0299. The number of benzene rings is 3. The molecule has 0 spiro atoms. The highest BCUT2D eigenvalue weighted by Gasteiger charge is 2.18. The van der Waals surface area contributed by atoms with E-state index in [1.165, 1.54) is 6.07 Å². The fraction of sp³-hybridized carbons (Fsp3) is 0.432. The highest BCUT2D eigenvalue weighted by Crippen LogP contribution is 2.24. The number of carbonyl (C=O) groups excluding carboxylic acids is 2. The van der Waals surface area contributed by atoms with E-state index in [9.17, 15) is 24.9 Å². The lowest BCUT2D eigenvalue weighted by Crippen LogP contribution is -2.35. The molecule has 3 unspecified atom stereocenters. The Balaban J connectivity index is 1.82. The predicted molar refractivity (Wildman–Crippen MR) is 190 cm³/mol. The number of anilines is 1. The van der Waals surface area contributed by atoms with Crippen LogP contribution in [0.3, 0.4) is 0 Å². The average molecular weight is 662 g/mol. The topological polar surface area (TPSA) is 147 Å². The summed E-state index contributed by atoms with van der Waals surface area (Å²) in [7, 11) is 0. The molecule has 0 fully saturated rings. The Labute approximate surface area is 284 Å². The van der Waals surface area contributed by atoms with Gasteiger partial charge in [0.1, 0.15) is 18.5 Å². The van der Waals surface area contributed by atoms with E-state index in [1.54, 1.807) is 50.4 Å². The number of hydrazone groups is 1. The molecular formula is C37H51N5O6. The van der Waals surface area contributed by atoms with Crippen LogP contribution in [0.1, 0.15) is 70.7 Å². The molecule has 3 rings (SSSR count). The van der Waals surface area contributed by atoms with E-state index in [0.29, 0.717) is 37.5 Å². The zero-order valence-electron chi connectivity index (χ0n) is 28.9. The number of aryl methyl sites for hydroxylation is 2. The fourth-order valence-corrected chi connectivity index (χ4v) is 5.22. The Hall–Kier alpha value is -4.13. The van der Waals surface area contributed by atoms with Crippen LogP contribution in [0.4, 0.5) is 5.69 Å². The molecule has 3 atom stereocenters. The quantitative estimate of drug-likeness (QED) is 0.102. The molecule has 0 heterocycles. The molecule has 0 aromatic heterocycles. The second-order valence-electron chi connectivity index (χ2n) is 12.2. The lowest BCUT2D eigenvalue weighted by Gasteiger charge is -2.25. The van der Waals surface area contributed by atoms with Gasteiger partial charge >= 0.3 is 0 Å². The van der Waals surface area contributed by atoms with E-state index in [0.717, 1.165) is 35.3 Å². The molecule has 5 N–H and O–H groups in total. The van der Waals surface area contributed by atoms with Crippen molar-refractivity contribution in [1.82, 2.24) is 15.2 Å². The molecule has 0 saturated heterocycles. The van der Waals surface area contributed by atoms with Gasteiger partial charge in [0.2, 0.25) is 0 Å². The first-order valence-corrected chi connectivity index (χ1v) is 16.4. The molecule has 0 bridgehead atoms. The van der Waals surface area contributed by atoms with Crippen LogP contribution in [-0.4, -0.2) is 101 Å². The number of nitrogens with zero attached hydrogens (tertiary/aromatic N) is 3. The molecule has 0 aliphatic carbocycles. The third kappa shape index (κ3) is 12.5. The van der Waals surface area contributed by atoms with Crippen LogP contribution in [0.15, 0.2) is 65.8 Å². The lowest BCUT2D eigenvalue weighted by atomic mass is 10.1. The lowest BCUT2D eigenvalue weighted by molar-refractivity contribution is 0.0716. The van der Waals surface area contributed by atoms with E-state index >= 15 is 0 Å². The molecule has 260 valence electrons. The maximum atomic E-state index is 13.5. The smallest absolute Gasteiger partial charge is 0.273 e. The third-order valence-corrected chi connectivity index (χ3v) is 7.84. The summed E-state index contributed by atoms with van der Waals surface area (Å²) in [5.74, 6) is -0.626. The zero-order valence-corrected chi connectivity index (χ0v) is 28.9. The normalized spacial score (nSPS) is 13.5. The second-order valence-corrected chi connectivity index (χ2v) is 12.2. The molecule has 48 heavy (non-hydrogen) atoms. The summed E-state index contributed by atoms with van der Waals surface area (Å²) in [6.07, 6.45) is -0.338. The van der Waals surface area contributed by atoms with Crippen molar-refractivity contribution in [2.24, 2.45) is 5.10 Å². The first kappa shape index (κ1) is 38.3. The van der Waals surface area contributed by atoms with Crippen LogP contribution >= 0.6 is 0 Å². The number of likely N-dealkylation sites (N-methyl/N-ethyl adjacent to an activating group) is 1. The molecule has 11 nitrogen and oxygen atoms in total. The minimum atomic E-state index is -0.728. The monoisotopic (exact) mass is 661 g/mol. The number of amides is 2. The molecule has 2 amide bonds. The summed E-state index contributed by atoms with van der Waals surface area (Å²) in [5.41, 5.74) is 7.22. The van der Waals surface area contributed by atoms with Crippen molar-refractivity contribution in [3.05, 3.63) is 94.0 Å². The Bertz CT molecular complexity index is 1510. The number of ether oxygens (including phenoxy) is 1. The van der Waals surface area contributed by atoms with Gasteiger partial charge in [0, 0.05) is 31.7 Å². The largest absolute Gasteiger partial charge is 0.491 e. The Morgan fingerprint density at radius 3 is 2.21 bits per heavy atom. The van der Waals surface area contributed by atoms with Gasteiger partial charge < -0.3 is 30.3 Å². The number of carbonyl (C=O) groups is 2. The number of rotatable bonds is 18. The van der Waals surface area contributed by atoms with Crippen LogP contribution in [0, 0.1) is 13.8 Å². The van der Waals surface area contributed by atoms with Crippen LogP contribution < -0.4 is 15.5 Å². The predicted octanol–water partition coefficient (Wildman–Crippen LogP) is 3.96. The molecule has 3 aromatic rings. The van der Waals surface area contributed by atoms with Gasteiger partial charge in [-0.2, -0.15) is 5.10 Å². The summed E-state index contributed by atoms with van der Waals surface area (Å²) in [5, 5.41) is 37.3. The molecule has 0 radical (unpaired) electrons. The number of aliphatic hydroxyl groups excluding tert-OH is 3. The molecule has 0 saturated carbocycles. The maximum absolute atomic E-state index is 13.5. The number of hydrogen-bond acceptors (Lipinski definition) is 9. The van der Waals surface area contributed by atoms with Gasteiger partial charge in [-0.25, -0.2) is 5.43 Å². The van der Waals surface area contributed by atoms with E-state index < -0.39 is 30.1 Å². The molecule has 3 aromatic carbocycles. The van der Waals surface area contributed by atoms with Crippen molar-refractivity contribution in [3.63, 3.8) is 0 Å². The van der Waals surface area contributed by atoms with Crippen molar-refractivity contribution in [2.45, 2.75) is 66.4 Å². The van der Waals surface area contributed by atoms with E-state index in [2.05, 4.69) is 20.7 Å². The second kappa shape index (κ2) is 19.0. The molecule has 11 heteroatoms. The maximum Gasteiger partial charge on any atom is 0.273 e. The zero-order chi connectivity index (χ0) is 35.2. The van der Waals surface area contributed by atoms with Crippen molar-refractivity contribution in [2.75, 3.05) is 44.6 Å². The van der Waals surface area contributed by atoms with Gasteiger partial charge in [0.25, 0.3) is 11.8 Å². The number of hydrogen-bond donors (Lipinski definition) is 5. The number of aliphatic hydroxyl groups is 3. The van der Waals surface area contributed by atoms with Crippen LogP contribution in [0.2, 0.25) is 0 Å². The highest BCUT2D eigenvalue weighted by atomic mass is 16.5. The van der Waals surface area contributed by atoms with Gasteiger partial charge in [0.15, 0.2) is 0 Å². The Morgan fingerprint density at radius 1 is 0.854 bits per heavy atom. The molecular weight excluding hydrogens is 610 g/mol. The van der Waals surface area contributed by atoms with Gasteiger partial charge in [-0.1, -0.05) is 44.2 Å². The van der Waals surface area contributed by atoms with Gasteiger partial charge in [-0.15, -0.1) is 0 Å². The molecule has 0 aliphatic rings. The first-order valence-electron chi connectivity index (χ1n) is 16.4. The van der Waals surface area contributed by atoms with E-state index in [-0.39, 0.29) is 17.9 Å². The number of nitrogens with one attached hydrogen (secondary N) is 2. The van der Waals surface area contributed by atoms with E-state index in [1.807, 2.05) is 56.9 Å². The van der Waals surface area contributed by atoms with Crippen LogP contribution in [0.5, 0.6) is 5.75 Å². The standard InChI is InChI=1S/C37H51N5O6/c1-7-41(8-2)23-32(45)24-48-33-14-15-35(34(18-33)37(47)40-38-19-29-13-12-25(3)26(4)16-29)39-36(46)31-11-9-10-30(17-31)22-42(20-27(5)43)21-28(6)44/h9-19,27-28,32,43-45H,7-8,20-24H2,1-6H3,(H,39,46)(H,40,47). The summed E-state index contributed by atoms with van der Waals surface area (Å²) in [6, 6.07) is 17.7. The van der Waals surface area contributed by atoms with Crippen LogP contribution in [-0.2, 0) is 6.54 Å². The fourth-order valence-electron chi connectivity index (χ4n) is 5.22. The van der Waals surface area contributed by atoms with Gasteiger partial charge in [-0.05, 0) is 93.4 Å². The Morgan fingerprint density at radius 2 is 1.56 bits per heavy atom. The Kier molecular flexibility index (Phi) is 15.2. The van der Waals surface area contributed by atoms with Crippen molar-refractivity contribution in [1.29, 1.82) is 0 Å². The first-order chi connectivity index (χ1) is 22.9. The minimum Gasteiger partial charge on any atom is -0.491 e.